The Morgan fingerprint density at radius 3 is 2.57 bits per heavy atom. The summed E-state index contributed by atoms with van der Waals surface area (Å²) in [4.78, 5) is 19.0. The summed E-state index contributed by atoms with van der Waals surface area (Å²) in [6.07, 6.45) is 0.296. The predicted octanol–water partition coefficient (Wildman–Crippen LogP) is 4.22. The van der Waals surface area contributed by atoms with Crippen molar-refractivity contribution in [3.8, 4) is 0 Å². The van der Waals surface area contributed by atoms with E-state index in [-0.39, 0.29) is 5.91 Å². The van der Waals surface area contributed by atoms with Crippen molar-refractivity contribution in [3.05, 3.63) is 59.1 Å². The number of amides is 1. The number of hydrogen-bond donors (Lipinski definition) is 0. The monoisotopic (exact) mass is 298 g/mol. The molecule has 1 aliphatic rings. The molecule has 2 aromatic rings. The molecule has 0 fully saturated rings. The zero-order chi connectivity index (χ0) is 14.8. The number of carbonyl (C=O) groups excluding carboxylic acids is 1. The maximum Gasteiger partial charge on any atom is 0.233 e. The Morgan fingerprint density at radius 2 is 1.86 bits per heavy atom. The largest absolute Gasteiger partial charge is 0.310 e. The summed E-state index contributed by atoms with van der Waals surface area (Å²) in [7, 11) is 0. The van der Waals surface area contributed by atoms with Gasteiger partial charge in [0, 0.05) is 11.6 Å². The van der Waals surface area contributed by atoms with E-state index in [1.54, 1.807) is 4.90 Å². The molecule has 1 amide bonds. The van der Waals surface area contributed by atoms with Gasteiger partial charge in [-0.3, -0.25) is 9.79 Å². The Labute approximate surface area is 128 Å². The number of benzene rings is 2. The van der Waals surface area contributed by atoms with E-state index in [1.807, 2.05) is 55.5 Å². The van der Waals surface area contributed by atoms with Gasteiger partial charge in [-0.2, -0.15) is 0 Å². The van der Waals surface area contributed by atoms with Crippen LogP contribution in [0.15, 0.2) is 53.5 Å². The zero-order valence-electron chi connectivity index (χ0n) is 11.7. The molecule has 0 aromatic heterocycles. The molecule has 0 atom stereocenters. The van der Waals surface area contributed by atoms with Gasteiger partial charge in [-0.05, 0) is 36.8 Å². The van der Waals surface area contributed by atoms with Crippen LogP contribution in [0.3, 0.4) is 0 Å². The summed E-state index contributed by atoms with van der Waals surface area (Å²) in [5.74, 6) is 0.0659. The second-order valence-electron chi connectivity index (χ2n) is 4.87. The number of hydrogen-bond acceptors (Lipinski definition) is 2. The lowest BCUT2D eigenvalue weighted by atomic mass is 10.1. The van der Waals surface area contributed by atoms with Gasteiger partial charge in [0.2, 0.25) is 5.91 Å². The van der Waals surface area contributed by atoms with Crippen molar-refractivity contribution in [1.82, 2.24) is 0 Å². The predicted molar refractivity (Wildman–Crippen MR) is 86.7 cm³/mol. The minimum Gasteiger partial charge on any atom is -0.310 e. The van der Waals surface area contributed by atoms with Gasteiger partial charge < -0.3 is 4.90 Å². The number of halogens is 1. The molecule has 0 radical (unpaired) electrons. The smallest absolute Gasteiger partial charge is 0.233 e. The van der Waals surface area contributed by atoms with Gasteiger partial charge in [-0.1, -0.05) is 35.9 Å². The molecular weight excluding hydrogens is 284 g/mol. The molecule has 1 heterocycles. The van der Waals surface area contributed by atoms with Gasteiger partial charge in [-0.25, -0.2) is 0 Å². The number of fused-ring (bicyclic) bond motifs is 1. The van der Waals surface area contributed by atoms with Crippen LogP contribution in [0.2, 0.25) is 5.02 Å². The summed E-state index contributed by atoms with van der Waals surface area (Å²) >= 11 is 5.92. The fourth-order valence-corrected chi connectivity index (χ4v) is 2.63. The van der Waals surface area contributed by atoms with E-state index in [0.717, 1.165) is 22.6 Å². The second-order valence-corrected chi connectivity index (χ2v) is 5.31. The highest BCUT2D eigenvalue weighted by Crippen LogP contribution is 2.32. The van der Waals surface area contributed by atoms with Crippen LogP contribution in [0, 0.1) is 0 Å². The Kier molecular flexibility index (Phi) is 3.76. The number of nitrogens with zero attached hydrogens (tertiary/aromatic N) is 2. The first-order valence-electron chi connectivity index (χ1n) is 6.92. The van der Waals surface area contributed by atoms with Gasteiger partial charge >= 0.3 is 0 Å². The molecule has 0 spiro atoms. The van der Waals surface area contributed by atoms with Crippen LogP contribution in [0.1, 0.15) is 18.9 Å². The summed E-state index contributed by atoms with van der Waals surface area (Å²) in [6, 6.07) is 15.2. The topological polar surface area (TPSA) is 32.7 Å². The van der Waals surface area contributed by atoms with Crippen molar-refractivity contribution in [2.45, 2.75) is 13.3 Å². The van der Waals surface area contributed by atoms with Crippen molar-refractivity contribution >= 4 is 34.6 Å². The molecule has 0 N–H and O–H groups in total. The SMILES string of the molecule is CCN1C(=O)CC(c2ccc(Cl)cc2)=Nc2ccccc21. The van der Waals surface area contributed by atoms with Crippen LogP contribution in [0.25, 0.3) is 0 Å². The average molecular weight is 299 g/mol. The van der Waals surface area contributed by atoms with Gasteiger partial charge in [0.05, 0.1) is 23.5 Å². The van der Waals surface area contributed by atoms with Crippen molar-refractivity contribution in [2.24, 2.45) is 4.99 Å². The fraction of sp³-hybridized carbons (Fsp3) is 0.176. The Morgan fingerprint density at radius 1 is 1.14 bits per heavy atom. The standard InChI is InChI=1S/C17H15ClN2O/c1-2-20-16-6-4-3-5-14(16)19-15(11-17(20)21)12-7-9-13(18)10-8-12/h3-10H,2,11H2,1H3. The molecule has 1 aliphatic heterocycles. The van der Waals surface area contributed by atoms with E-state index >= 15 is 0 Å². The quantitative estimate of drug-likeness (QED) is 0.817. The van der Waals surface area contributed by atoms with Crippen molar-refractivity contribution in [1.29, 1.82) is 0 Å². The maximum absolute atomic E-state index is 12.5. The molecular formula is C17H15ClN2O. The highest BCUT2D eigenvalue weighted by atomic mass is 35.5. The third kappa shape index (κ3) is 2.69. The minimum atomic E-state index is 0.0659. The molecule has 3 rings (SSSR count). The first-order valence-corrected chi connectivity index (χ1v) is 7.29. The summed E-state index contributed by atoms with van der Waals surface area (Å²) in [5.41, 5.74) is 3.41. The van der Waals surface area contributed by atoms with Crippen LogP contribution in [-0.2, 0) is 4.79 Å². The number of anilines is 1. The van der Waals surface area contributed by atoms with Crippen LogP contribution < -0.4 is 4.90 Å². The molecule has 2 aromatic carbocycles. The first-order chi connectivity index (χ1) is 10.2. The molecule has 0 saturated carbocycles. The lowest BCUT2D eigenvalue weighted by molar-refractivity contribution is -0.117. The van der Waals surface area contributed by atoms with E-state index in [9.17, 15) is 4.79 Å². The lowest BCUT2D eigenvalue weighted by Crippen LogP contribution is -2.31. The Hall–Kier alpha value is -2.13. The summed E-state index contributed by atoms with van der Waals surface area (Å²) in [5, 5.41) is 0.676. The molecule has 0 aliphatic carbocycles. The second kappa shape index (κ2) is 5.70. The van der Waals surface area contributed by atoms with Crippen LogP contribution in [0.4, 0.5) is 11.4 Å². The number of carbonyl (C=O) groups is 1. The van der Waals surface area contributed by atoms with E-state index in [2.05, 4.69) is 0 Å². The normalized spacial score (nSPS) is 14.5. The van der Waals surface area contributed by atoms with Crippen LogP contribution in [-0.4, -0.2) is 18.2 Å². The van der Waals surface area contributed by atoms with Gasteiger partial charge in [0.25, 0.3) is 0 Å². The van der Waals surface area contributed by atoms with Gasteiger partial charge in [0.1, 0.15) is 0 Å². The van der Waals surface area contributed by atoms with Gasteiger partial charge in [-0.15, -0.1) is 0 Å². The number of aliphatic imine (C=N–C) groups is 1. The highest BCUT2D eigenvalue weighted by molar-refractivity contribution is 6.30. The molecule has 0 bridgehead atoms. The third-order valence-corrected chi connectivity index (χ3v) is 3.79. The number of rotatable bonds is 2. The zero-order valence-corrected chi connectivity index (χ0v) is 12.5. The van der Waals surface area contributed by atoms with E-state index in [4.69, 9.17) is 16.6 Å². The molecule has 106 valence electrons. The molecule has 21 heavy (non-hydrogen) atoms. The van der Waals surface area contributed by atoms with Crippen LogP contribution in [0.5, 0.6) is 0 Å². The third-order valence-electron chi connectivity index (χ3n) is 3.54. The Balaban J connectivity index is 2.10. The van der Waals surface area contributed by atoms with Crippen molar-refractivity contribution in [2.75, 3.05) is 11.4 Å². The van der Waals surface area contributed by atoms with Gasteiger partial charge in [0.15, 0.2) is 0 Å². The van der Waals surface area contributed by atoms with Crippen molar-refractivity contribution in [3.63, 3.8) is 0 Å². The summed E-state index contributed by atoms with van der Waals surface area (Å²) < 4.78 is 0. The highest BCUT2D eigenvalue weighted by Gasteiger charge is 2.23. The van der Waals surface area contributed by atoms with E-state index in [1.165, 1.54) is 0 Å². The molecule has 0 saturated heterocycles. The Bertz CT molecular complexity index is 707. The number of para-hydroxylation sites is 2. The van der Waals surface area contributed by atoms with E-state index < -0.39 is 0 Å². The molecule has 0 unspecified atom stereocenters. The first kappa shape index (κ1) is 13.8. The summed E-state index contributed by atoms with van der Waals surface area (Å²) in [6.45, 7) is 2.61. The molecule has 4 heteroatoms. The van der Waals surface area contributed by atoms with Crippen LogP contribution >= 0.6 is 11.6 Å². The van der Waals surface area contributed by atoms with Crippen molar-refractivity contribution < 1.29 is 4.79 Å². The average Bonchev–Trinajstić information content (AvgIpc) is 2.63. The fourth-order valence-electron chi connectivity index (χ4n) is 2.50. The lowest BCUT2D eigenvalue weighted by Gasteiger charge is -2.20. The minimum absolute atomic E-state index is 0.0659. The maximum atomic E-state index is 12.5. The molecule has 3 nitrogen and oxygen atoms in total. The van der Waals surface area contributed by atoms with E-state index in [0.29, 0.717) is 18.0 Å².